The minimum absolute atomic E-state index is 0.00128. The fourth-order valence-electron chi connectivity index (χ4n) is 3.51. The lowest BCUT2D eigenvalue weighted by atomic mass is 10.1. The first-order valence-electron chi connectivity index (χ1n) is 10.9. The van der Waals surface area contributed by atoms with E-state index < -0.39 is 15.9 Å². The number of carboxylic acid groups (broad SMARTS) is 1. The number of ketones is 1. The van der Waals surface area contributed by atoms with Gasteiger partial charge in [-0.15, -0.1) is 0 Å². The number of sulfone groups is 1. The zero-order valence-corrected chi connectivity index (χ0v) is 21.2. The maximum Gasteiger partial charge on any atom is 0.413 e. The van der Waals surface area contributed by atoms with Gasteiger partial charge in [-0.25, -0.2) is 13.2 Å². The molecule has 9 nitrogen and oxygen atoms in total. The van der Waals surface area contributed by atoms with Crippen LogP contribution in [0.1, 0.15) is 24.0 Å². The van der Waals surface area contributed by atoms with Crippen molar-refractivity contribution in [2.45, 2.75) is 24.3 Å². The topological polar surface area (TPSA) is 128 Å². The molecule has 0 saturated heterocycles. The van der Waals surface area contributed by atoms with Crippen LogP contribution in [0.25, 0.3) is 0 Å². The van der Waals surface area contributed by atoms with E-state index in [9.17, 15) is 23.1 Å². The molecule has 3 N–H and O–H groups in total. The Morgan fingerprint density at radius 1 is 1.09 bits per heavy atom. The van der Waals surface area contributed by atoms with E-state index in [1.165, 1.54) is 23.1 Å². The number of halogens is 2. The Balaban J connectivity index is 1.34. The van der Waals surface area contributed by atoms with Crippen LogP contribution in [0.4, 0.5) is 4.79 Å². The second kappa shape index (κ2) is 12.5. The van der Waals surface area contributed by atoms with E-state index in [2.05, 4.69) is 15.6 Å². The fourth-order valence-corrected chi connectivity index (χ4v) is 5.45. The number of Topliss-reactive ketones (excluding diaryl/α,β-unsaturated/α-hetero) is 1. The van der Waals surface area contributed by atoms with Crippen LogP contribution in [-0.4, -0.2) is 68.2 Å². The SMILES string of the molecule is O=C(CCCNCS(=O)(=O)c1cccc(Cl)c1Cl)CNCc1ccc(C2=NCCN2C(=O)O)cc1. The molecule has 3 rings (SSSR count). The molecule has 0 fully saturated rings. The van der Waals surface area contributed by atoms with E-state index >= 15 is 0 Å². The summed E-state index contributed by atoms with van der Waals surface area (Å²) in [5, 5.41) is 15.3. The average Bonchev–Trinajstić information content (AvgIpc) is 3.31. The van der Waals surface area contributed by atoms with Gasteiger partial charge in [0, 0.05) is 18.5 Å². The van der Waals surface area contributed by atoms with Gasteiger partial charge in [0.05, 0.1) is 34.6 Å². The molecule has 1 aliphatic heterocycles. The predicted octanol–water partition coefficient (Wildman–Crippen LogP) is 3.19. The normalized spacial score (nSPS) is 13.7. The molecule has 188 valence electrons. The van der Waals surface area contributed by atoms with Gasteiger partial charge in [0.15, 0.2) is 9.84 Å². The van der Waals surface area contributed by atoms with Gasteiger partial charge in [-0.1, -0.05) is 53.5 Å². The highest BCUT2D eigenvalue weighted by Gasteiger charge is 2.24. The van der Waals surface area contributed by atoms with Gasteiger partial charge in [0.2, 0.25) is 0 Å². The molecular weight excluding hydrogens is 515 g/mol. The molecule has 1 heterocycles. The summed E-state index contributed by atoms with van der Waals surface area (Å²) >= 11 is 11.9. The highest BCUT2D eigenvalue weighted by Crippen LogP contribution is 2.29. The summed E-state index contributed by atoms with van der Waals surface area (Å²) < 4.78 is 24.8. The molecule has 12 heteroatoms. The lowest BCUT2D eigenvalue weighted by Gasteiger charge is -2.14. The number of aliphatic imine (C=N–C) groups is 1. The number of nitrogens with one attached hydrogen (secondary N) is 2. The highest BCUT2D eigenvalue weighted by molar-refractivity contribution is 7.91. The lowest BCUT2D eigenvalue weighted by Crippen LogP contribution is -2.33. The second-order valence-electron chi connectivity index (χ2n) is 7.89. The number of nitrogens with zero attached hydrogens (tertiary/aromatic N) is 2. The molecule has 0 bridgehead atoms. The first kappa shape index (κ1) is 27.1. The number of carbonyl (C=O) groups excluding carboxylic acids is 1. The lowest BCUT2D eigenvalue weighted by molar-refractivity contribution is -0.118. The Morgan fingerprint density at radius 2 is 1.83 bits per heavy atom. The van der Waals surface area contributed by atoms with Crippen molar-refractivity contribution in [3.8, 4) is 0 Å². The number of amides is 1. The molecule has 2 aromatic carbocycles. The third-order valence-electron chi connectivity index (χ3n) is 5.29. The molecule has 0 aromatic heterocycles. The fraction of sp³-hybridized carbons (Fsp3) is 0.348. The van der Waals surface area contributed by atoms with Gasteiger partial charge in [-0.05, 0) is 30.7 Å². The molecule has 35 heavy (non-hydrogen) atoms. The molecular formula is C23H26Cl2N4O5S. The van der Waals surface area contributed by atoms with Gasteiger partial charge >= 0.3 is 6.09 Å². The van der Waals surface area contributed by atoms with Crippen molar-refractivity contribution in [2.75, 3.05) is 32.1 Å². The van der Waals surface area contributed by atoms with Gasteiger partial charge in [0.25, 0.3) is 0 Å². The zero-order chi connectivity index (χ0) is 25.4. The zero-order valence-electron chi connectivity index (χ0n) is 18.8. The van der Waals surface area contributed by atoms with E-state index in [1.807, 2.05) is 24.3 Å². The minimum atomic E-state index is -3.64. The van der Waals surface area contributed by atoms with Crippen molar-refractivity contribution in [3.63, 3.8) is 0 Å². The van der Waals surface area contributed by atoms with E-state index in [4.69, 9.17) is 23.2 Å². The van der Waals surface area contributed by atoms with E-state index in [-0.39, 0.29) is 33.1 Å². The average molecular weight is 541 g/mol. The summed E-state index contributed by atoms with van der Waals surface area (Å²) in [5.41, 5.74) is 1.69. The summed E-state index contributed by atoms with van der Waals surface area (Å²) in [6, 6.07) is 11.8. The third kappa shape index (κ3) is 7.49. The molecule has 1 aliphatic rings. The van der Waals surface area contributed by atoms with E-state index in [1.54, 1.807) is 0 Å². The molecule has 0 atom stereocenters. The molecule has 0 unspecified atom stereocenters. The van der Waals surface area contributed by atoms with Gasteiger partial charge < -0.3 is 15.7 Å². The molecule has 0 radical (unpaired) electrons. The number of amidine groups is 1. The van der Waals surface area contributed by atoms with E-state index in [0.717, 1.165) is 11.1 Å². The molecule has 1 amide bonds. The largest absolute Gasteiger partial charge is 0.465 e. The summed E-state index contributed by atoms with van der Waals surface area (Å²) in [6.45, 7) is 1.85. The third-order valence-corrected chi connectivity index (χ3v) is 7.81. The second-order valence-corrected chi connectivity index (χ2v) is 10.6. The summed E-state index contributed by atoms with van der Waals surface area (Å²) in [7, 11) is -3.64. The maximum atomic E-state index is 12.4. The van der Waals surface area contributed by atoms with Crippen LogP contribution in [0.15, 0.2) is 52.4 Å². The van der Waals surface area contributed by atoms with E-state index in [0.29, 0.717) is 44.9 Å². The van der Waals surface area contributed by atoms with Crippen molar-refractivity contribution in [1.82, 2.24) is 15.5 Å². The van der Waals surface area contributed by atoms with Gasteiger partial charge in [-0.2, -0.15) is 0 Å². The Morgan fingerprint density at radius 3 is 2.54 bits per heavy atom. The molecule has 0 spiro atoms. The standard InChI is InChI=1S/C23H26Cl2N4O5S/c24-19-4-1-5-20(21(19)25)35(33,34)15-26-10-2-3-18(30)14-27-13-16-6-8-17(9-7-16)22-28-11-12-29(22)23(31)32/h1,4-9,26-27H,2-3,10-15H2,(H,31,32). The molecule has 2 aromatic rings. The minimum Gasteiger partial charge on any atom is -0.465 e. The Bertz CT molecular complexity index is 1200. The number of carbonyl (C=O) groups is 2. The van der Waals surface area contributed by atoms with Crippen LogP contribution in [-0.2, 0) is 21.2 Å². The Kier molecular flexibility index (Phi) is 9.64. The van der Waals surface area contributed by atoms with Crippen molar-refractivity contribution in [1.29, 1.82) is 0 Å². The Hall–Kier alpha value is -2.50. The first-order chi connectivity index (χ1) is 16.7. The molecule has 0 aliphatic carbocycles. The summed E-state index contributed by atoms with van der Waals surface area (Å²) in [5.74, 6) is 0.164. The van der Waals surface area contributed by atoms with Gasteiger partial charge in [-0.3, -0.25) is 14.7 Å². The van der Waals surface area contributed by atoms with Gasteiger partial charge in [0.1, 0.15) is 17.5 Å². The summed E-state index contributed by atoms with van der Waals surface area (Å²) in [6.07, 6.45) is -0.217. The number of benzene rings is 2. The number of hydrogen-bond donors (Lipinski definition) is 3. The van der Waals surface area contributed by atoms with Crippen molar-refractivity contribution >= 4 is 50.8 Å². The predicted molar refractivity (Wildman–Crippen MR) is 135 cm³/mol. The first-order valence-corrected chi connectivity index (χ1v) is 13.3. The highest BCUT2D eigenvalue weighted by atomic mass is 35.5. The molecule has 0 saturated carbocycles. The number of rotatable bonds is 12. The Labute approximate surface area is 214 Å². The van der Waals surface area contributed by atoms with Crippen LogP contribution in [0.5, 0.6) is 0 Å². The quantitative estimate of drug-likeness (QED) is 0.352. The van der Waals surface area contributed by atoms with Crippen LogP contribution >= 0.6 is 23.2 Å². The van der Waals surface area contributed by atoms with Crippen LogP contribution in [0.3, 0.4) is 0 Å². The van der Waals surface area contributed by atoms with Crippen molar-refractivity contribution in [2.24, 2.45) is 4.99 Å². The smallest absolute Gasteiger partial charge is 0.413 e. The maximum absolute atomic E-state index is 12.4. The number of hydrogen-bond acceptors (Lipinski definition) is 7. The monoisotopic (exact) mass is 540 g/mol. The van der Waals surface area contributed by atoms with Crippen LogP contribution < -0.4 is 10.6 Å². The summed E-state index contributed by atoms with van der Waals surface area (Å²) in [4.78, 5) is 28.8. The van der Waals surface area contributed by atoms with Crippen LogP contribution in [0.2, 0.25) is 10.0 Å². The van der Waals surface area contributed by atoms with Crippen molar-refractivity contribution < 1.29 is 23.1 Å². The van der Waals surface area contributed by atoms with Crippen LogP contribution in [0, 0.1) is 0 Å². The van der Waals surface area contributed by atoms with Crippen molar-refractivity contribution in [3.05, 3.63) is 63.6 Å².